The fraction of sp³-hybridized carbons (Fsp3) is 0.412. The van der Waals surface area contributed by atoms with Gasteiger partial charge in [-0.05, 0) is 25.5 Å². The minimum absolute atomic E-state index is 0.166. The van der Waals surface area contributed by atoms with Crippen molar-refractivity contribution in [2.45, 2.75) is 13.3 Å². The molecule has 1 aromatic rings. The summed E-state index contributed by atoms with van der Waals surface area (Å²) in [5, 5.41) is 9.23. The summed E-state index contributed by atoms with van der Waals surface area (Å²) in [6.45, 7) is 5.47. The molecule has 0 aromatic heterocycles. The van der Waals surface area contributed by atoms with Gasteiger partial charge in [-0.25, -0.2) is 0 Å². The summed E-state index contributed by atoms with van der Waals surface area (Å²) in [6.07, 6.45) is 1.00. The normalized spacial score (nSPS) is 16.2. The van der Waals surface area contributed by atoms with E-state index in [1.165, 1.54) is 0 Å². The van der Waals surface area contributed by atoms with Crippen molar-refractivity contribution in [2.24, 2.45) is 5.73 Å². The smallest absolute Gasteiger partial charge is 0.120 e. The average Bonchev–Trinajstić information content (AvgIpc) is 2.81. The molecule has 1 saturated heterocycles. The fourth-order valence-electron chi connectivity index (χ4n) is 2.79. The third-order valence-electron chi connectivity index (χ3n) is 4.11. The van der Waals surface area contributed by atoms with E-state index in [1.807, 2.05) is 25.1 Å². The van der Waals surface area contributed by atoms with E-state index < -0.39 is 0 Å². The predicted octanol–water partition coefficient (Wildman–Crippen LogP) is 2.29. The van der Waals surface area contributed by atoms with Crippen molar-refractivity contribution >= 4 is 22.9 Å². The van der Waals surface area contributed by atoms with Gasteiger partial charge in [0.25, 0.3) is 0 Å². The lowest BCUT2D eigenvalue weighted by Crippen LogP contribution is -2.31. The van der Waals surface area contributed by atoms with Crippen LogP contribution in [0.1, 0.15) is 13.3 Å². The van der Waals surface area contributed by atoms with Crippen molar-refractivity contribution in [2.75, 3.05) is 38.2 Å². The molecule has 0 atom stereocenters. The van der Waals surface area contributed by atoms with Crippen LogP contribution in [0.2, 0.25) is 0 Å². The topological polar surface area (TPSA) is 65.5 Å². The molecule has 0 unspecified atom stereocenters. The Hall–Kier alpha value is -2.26. The van der Waals surface area contributed by atoms with E-state index in [9.17, 15) is 5.26 Å². The van der Waals surface area contributed by atoms with Gasteiger partial charge >= 0.3 is 0 Å². The fourth-order valence-corrected chi connectivity index (χ4v) is 2.98. The molecule has 0 bridgehead atoms. The number of methoxy groups -OCH3 is 1. The zero-order valence-electron chi connectivity index (χ0n) is 13.6. The molecule has 0 aliphatic carbocycles. The van der Waals surface area contributed by atoms with Gasteiger partial charge < -0.3 is 20.3 Å². The Morgan fingerprint density at radius 1 is 1.30 bits per heavy atom. The largest absolute Gasteiger partial charge is 0.497 e. The van der Waals surface area contributed by atoms with Crippen LogP contribution in [0.5, 0.6) is 5.75 Å². The van der Waals surface area contributed by atoms with Crippen molar-refractivity contribution in [1.82, 2.24) is 4.90 Å². The lowest BCUT2D eigenvalue weighted by molar-refractivity contribution is 0.369. The molecule has 1 fully saturated rings. The van der Waals surface area contributed by atoms with Crippen molar-refractivity contribution in [3.8, 4) is 11.8 Å². The van der Waals surface area contributed by atoms with Crippen molar-refractivity contribution in [1.29, 1.82) is 5.26 Å². The second-order valence-electron chi connectivity index (χ2n) is 5.47. The minimum Gasteiger partial charge on any atom is -0.497 e. The first-order chi connectivity index (χ1) is 11.1. The van der Waals surface area contributed by atoms with E-state index in [0.717, 1.165) is 49.7 Å². The van der Waals surface area contributed by atoms with E-state index in [-0.39, 0.29) is 4.99 Å². The van der Waals surface area contributed by atoms with Gasteiger partial charge in [0, 0.05) is 43.6 Å². The van der Waals surface area contributed by atoms with Crippen LogP contribution in [0.25, 0.3) is 0 Å². The monoisotopic (exact) mass is 330 g/mol. The second-order valence-corrected chi connectivity index (χ2v) is 5.91. The summed E-state index contributed by atoms with van der Waals surface area (Å²) in [4.78, 5) is 4.69. The van der Waals surface area contributed by atoms with Crippen LogP contribution in [0, 0.1) is 11.3 Å². The minimum atomic E-state index is 0.166. The van der Waals surface area contributed by atoms with Crippen LogP contribution in [-0.2, 0) is 0 Å². The van der Waals surface area contributed by atoms with Crippen molar-refractivity contribution in [3.05, 3.63) is 35.5 Å². The average molecular weight is 330 g/mol. The van der Waals surface area contributed by atoms with Crippen LogP contribution in [0.4, 0.5) is 5.69 Å². The Morgan fingerprint density at radius 2 is 2.09 bits per heavy atom. The molecular weight excluding hydrogens is 308 g/mol. The number of nitrogens with zero attached hydrogens (tertiary/aromatic N) is 3. The highest BCUT2D eigenvalue weighted by molar-refractivity contribution is 7.80. The summed E-state index contributed by atoms with van der Waals surface area (Å²) in [7, 11) is 1.68. The van der Waals surface area contributed by atoms with Crippen LogP contribution >= 0.6 is 12.2 Å². The summed E-state index contributed by atoms with van der Waals surface area (Å²) >= 11 is 4.97. The molecule has 0 saturated carbocycles. The van der Waals surface area contributed by atoms with Crippen molar-refractivity contribution in [3.63, 3.8) is 0 Å². The van der Waals surface area contributed by atoms with Crippen LogP contribution in [0.3, 0.4) is 0 Å². The van der Waals surface area contributed by atoms with Gasteiger partial charge in [0.1, 0.15) is 22.4 Å². The van der Waals surface area contributed by atoms with Crippen molar-refractivity contribution < 1.29 is 4.74 Å². The lowest BCUT2D eigenvalue weighted by atomic mass is 10.2. The number of thiocarbonyl (C=S) groups is 1. The van der Waals surface area contributed by atoms with E-state index in [2.05, 4.69) is 21.9 Å². The standard InChI is InChI=1S/C17H22N4OS/c1-13(16(12-18)17(19)23)20-7-4-8-21(10-9-20)14-5-3-6-15(11-14)22-2/h3,5-6,11H,4,7-10H2,1-2H3,(H2,19,23). The Bertz CT molecular complexity index is 650. The summed E-state index contributed by atoms with van der Waals surface area (Å²) in [5.74, 6) is 0.861. The second kappa shape index (κ2) is 7.84. The number of rotatable bonds is 4. The molecule has 23 heavy (non-hydrogen) atoms. The molecule has 1 aromatic carbocycles. The van der Waals surface area contributed by atoms with Gasteiger partial charge in [-0.1, -0.05) is 18.3 Å². The Kier molecular flexibility index (Phi) is 5.83. The molecule has 1 heterocycles. The van der Waals surface area contributed by atoms with E-state index in [1.54, 1.807) is 7.11 Å². The molecule has 6 heteroatoms. The molecule has 0 radical (unpaired) electrons. The quantitative estimate of drug-likeness (QED) is 0.519. The molecule has 2 N–H and O–H groups in total. The first-order valence-corrected chi connectivity index (χ1v) is 8.02. The highest BCUT2D eigenvalue weighted by atomic mass is 32.1. The first-order valence-electron chi connectivity index (χ1n) is 7.61. The molecular formula is C17H22N4OS. The molecule has 0 amide bonds. The number of hydrogen-bond acceptors (Lipinski definition) is 5. The molecule has 0 spiro atoms. The van der Waals surface area contributed by atoms with E-state index in [4.69, 9.17) is 22.7 Å². The Morgan fingerprint density at radius 3 is 2.74 bits per heavy atom. The SMILES string of the molecule is COc1cccc(N2CCCN(C(C)=C(C#N)C(N)=S)CC2)c1. The van der Waals surface area contributed by atoms with Gasteiger partial charge in [0.2, 0.25) is 0 Å². The number of nitriles is 1. The predicted molar refractivity (Wildman–Crippen MR) is 96.5 cm³/mol. The van der Waals surface area contributed by atoms with Crippen LogP contribution in [-0.4, -0.2) is 43.2 Å². The number of nitrogens with two attached hydrogens (primary N) is 1. The third kappa shape index (κ3) is 4.14. The maximum Gasteiger partial charge on any atom is 0.120 e. The van der Waals surface area contributed by atoms with Gasteiger partial charge in [-0.15, -0.1) is 0 Å². The first kappa shape index (κ1) is 17.1. The summed E-state index contributed by atoms with van der Waals surface area (Å²) < 4.78 is 5.30. The van der Waals surface area contributed by atoms with E-state index >= 15 is 0 Å². The number of benzene rings is 1. The lowest BCUT2D eigenvalue weighted by Gasteiger charge is -2.26. The molecule has 2 rings (SSSR count). The van der Waals surface area contributed by atoms with Gasteiger partial charge in [-0.2, -0.15) is 5.26 Å². The highest BCUT2D eigenvalue weighted by Gasteiger charge is 2.18. The molecule has 122 valence electrons. The zero-order chi connectivity index (χ0) is 16.8. The maximum absolute atomic E-state index is 9.23. The number of ether oxygens (including phenoxy) is 1. The molecule has 1 aliphatic heterocycles. The van der Waals surface area contributed by atoms with Crippen LogP contribution in [0.15, 0.2) is 35.5 Å². The third-order valence-corrected chi connectivity index (χ3v) is 4.31. The molecule has 1 aliphatic rings. The van der Waals surface area contributed by atoms with Gasteiger partial charge in [0.05, 0.1) is 7.11 Å². The Balaban J connectivity index is 2.13. The Labute approximate surface area is 142 Å². The molecule has 5 nitrogen and oxygen atoms in total. The highest BCUT2D eigenvalue weighted by Crippen LogP contribution is 2.23. The number of anilines is 1. The number of allylic oxidation sites excluding steroid dienone is 1. The summed E-state index contributed by atoms with van der Waals surface area (Å²) in [6, 6.07) is 10.2. The van der Waals surface area contributed by atoms with E-state index in [0.29, 0.717) is 5.57 Å². The zero-order valence-corrected chi connectivity index (χ0v) is 14.4. The maximum atomic E-state index is 9.23. The van der Waals surface area contributed by atoms with Gasteiger partial charge in [0.15, 0.2) is 0 Å². The summed E-state index contributed by atoms with van der Waals surface area (Å²) in [5.41, 5.74) is 8.08. The van der Waals surface area contributed by atoms with Gasteiger partial charge in [-0.3, -0.25) is 0 Å². The number of hydrogen-bond donors (Lipinski definition) is 1. The van der Waals surface area contributed by atoms with Crippen LogP contribution < -0.4 is 15.4 Å².